The molecule has 0 atom stereocenters. The van der Waals surface area contributed by atoms with Gasteiger partial charge in [0.2, 0.25) is 0 Å². The zero-order chi connectivity index (χ0) is 12.0. The van der Waals surface area contributed by atoms with Gasteiger partial charge in [-0.1, -0.05) is 18.7 Å². The molecule has 86 valence electrons. The Balaban J connectivity index is 2.49. The average Bonchev–Trinajstić information content (AvgIpc) is 2.28. The topological polar surface area (TPSA) is 26.3 Å². The Morgan fingerprint density at radius 2 is 2.19 bits per heavy atom. The predicted octanol–water partition coefficient (Wildman–Crippen LogP) is 3.66. The minimum Gasteiger partial charge on any atom is -0.463 e. The van der Waals surface area contributed by atoms with Gasteiger partial charge in [-0.05, 0) is 35.0 Å². The van der Waals surface area contributed by atoms with Crippen molar-refractivity contribution in [2.75, 3.05) is 12.4 Å². The first kappa shape index (κ1) is 13.3. The summed E-state index contributed by atoms with van der Waals surface area (Å²) in [5, 5.41) is 0. The number of halogens is 1. The Bertz CT molecular complexity index is 390. The molecule has 0 spiro atoms. The Morgan fingerprint density at radius 1 is 1.50 bits per heavy atom. The molecule has 0 aliphatic heterocycles. The summed E-state index contributed by atoms with van der Waals surface area (Å²) in [6, 6.07) is 7.87. The van der Waals surface area contributed by atoms with Gasteiger partial charge in [0.05, 0.1) is 6.61 Å². The van der Waals surface area contributed by atoms with Gasteiger partial charge in [-0.25, -0.2) is 4.79 Å². The van der Waals surface area contributed by atoms with Crippen LogP contribution in [0.4, 0.5) is 0 Å². The number of hydrogen-bond donors (Lipinski definition) is 0. The van der Waals surface area contributed by atoms with Gasteiger partial charge < -0.3 is 4.74 Å². The number of carbonyl (C=O) groups is 1. The highest BCUT2D eigenvalue weighted by Gasteiger charge is 2.08. The summed E-state index contributed by atoms with van der Waals surface area (Å²) in [5.41, 5.74) is 0.489. The molecule has 0 saturated heterocycles. The third-order valence-corrected chi connectivity index (χ3v) is 3.92. The van der Waals surface area contributed by atoms with Crippen LogP contribution in [0.15, 0.2) is 45.8 Å². The van der Waals surface area contributed by atoms with Crippen molar-refractivity contribution in [3.63, 3.8) is 0 Å². The molecule has 2 nitrogen and oxygen atoms in total. The molecule has 0 aliphatic carbocycles. The summed E-state index contributed by atoms with van der Waals surface area (Å²) >= 11 is 5.01. The van der Waals surface area contributed by atoms with Crippen LogP contribution >= 0.6 is 27.7 Å². The predicted molar refractivity (Wildman–Crippen MR) is 70.6 cm³/mol. The molecule has 0 saturated carbocycles. The molecule has 0 radical (unpaired) electrons. The first-order valence-corrected chi connectivity index (χ1v) is 6.65. The van der Waals surface area contributed by atoms with Gasteiger partial charge in [0.15, 0.2) is 0 Å². The Hall–Kier alpha value is -0.740. The van der Waals surface area contributed by atoms with Crippen LogP contribution in [-0.2, 0) is 9.53 Å². The second kappa shape index (κ2) is 6.76. The van der Waals surface area contributed by atoms with E-state index in [1.807, 2.05) is 24.3 Å². The normalized spacial score (nSPS) is 9.88. The molecule has 0 fully saturated rings. The maximum absolute atomic E-state index is 11.3. The van der Waals surface area contributed by atoms with Crippen molar-refractivity contribution in [1.82, 2.24) is 0 Å². The van der Waals surface area contributed by atoms with Crippen LogP contribution < -0.4 is 0 Å². The average molecular weight is 301 g/mol. The molecule has 0 heterocycles. The fourth-order valence-corrected chi connectivity index (χ4v) is 2.48. The summed E-state index contributed by atoms with van der Waals surface area (Å²) in [4.78, 5) is 12.4. The van der Waals surface area contributed by atoms with Crippen LogP contribution in [0.25, 0.3) is 0 Å². The summed E-state index contributed by atoms with van der Waals surface area (Å²) in [5.74, 6) is 0.226. The fraction of sp³-hybridized carbons (Fsp3) is 0.250. The molecule has 0 unspecified atom stereocenters. The Labute approximate surface area is 108 Å². The van der Waals surface area contributed by atoms with E-state index in [4.69, 9.17) is 4.74 Å². The third kappa shape index (κ3) is 4.02. The molecular weight excluding hydrogens is 288 g/mol. The molecule has 0 aromatic heterocycles. The van der Waals surface area contributed by atoms with Gasteiger partial charge in [0.1, 0.15) is 0 Å². The third-order valence-electron chi connectivity index (χ3n) is 1.80. The van der Waals surface area contributed by atoms with E-state index in [-0.39, 0.29) is 5.97 Å². The van der Waals surface area contributed by atoms with Crippen molar-refractivity contribution in [1.29, 1.82) is 0 Å². The number of hydrogen-bond acceptors (Lipinski definition) is 3. The highest BCUT2D eigenvalue weighted by atomic mass is 79.9. The Kier molecular flexibility index (Phi) is 5.63. The monoisotopic (exact) mass is 300 g/mol. The van der Waals surface area contributed by atoms with Gasteiger partial charge in [0.25, 0.3) is 0 Å². The summed E-state index contributed by atoms with van der Waals surface area (Å²) in [7, 11) is 0. The largest absolute Gasteiger partial charge is 0.463 e. The second-order valence-corrected chi connectivity index (χ2v) is 4.91. The number of thioether (sulfide) groups is 1. The Morgan fingerprint density at radius 3 is 2.81 bits per heavy atom. The lowest BCUT2D eigenvalue weighted by Crippen LogP contribution is -2.08. The molecule has 0 amide bonds. The zero-order valence-corrected chi connectivity index (χ0v) is 11.4. The number of ether oxygens (including phenoxy) is 1. The van der Waals surface area contributed by atoms with Crippen molar-refractivity contribution in [3.05, 3.63) is 40.9 Å². The van der Waals surface area contributed by atoms with E-state index in [0.29, 0.717) is 17.9 Å². The van der Waals surface area contributed by atoms with Crippen molar-refractivity contribution in [3.8, 4) is 0 Å². The van der Waals surface area contributed by atoms with Crippen LogP contribution in [0.3, 0.4) is 0 Å². The fourth-order valence-electron chi connectivity index (χ4n) is 1.02. The number of rotatable bonds is 5. The van der Waals surface area contributed by atoms with Gasteiger partial charge >= 0.3 is 5.97 Å². The van der Waals surface area contributed by atoms with Crippen molar-refractivity contribution in [2.45, 2.75) is 11.8 Å². The van der Waals surface area contributed by atoms with Crippen LogP contribution in [0, 0.1) is 0 Å². The molecule has 4 heteroatoms. The van der Waals surface area contributed by atoms with Crippen molar-refractivity contribution in [2.24, 2.45) is 0 Å². The van der Waals surface area contributed by atoms with Crippen LogP contribution in [0.1, 0.15) is 6.92 Å². The molecule has 0 bridgehead atoms. The molecule has 1 rings (SSSR count). The molecule has 0 N–H and O–H groups in total. The smallest absolute Gasteiger partial charge is 0.334 e. The number of benzene rings is 1. The highest BCUT2D eigenvalue weighted by molar-refractivity contribution is 9.10. The lowest BCUT2D eigenvalue weighted by molar-refractivity contribution is -0.138. The van der Waals surface area contributed by atoms with Crippen LogP contribution in [-0.4, -0.2) is 18.3 Å². The maximum atomic E-state index is 11.3. The standard InChI is InChI=1S/C12H13BrO2S/c1-3-15-12(14)9(2)8-16-11-7-5-4-6-10(11)13/h4-7H,2-3,8H2,1H3. The van der Waals surface area contributed by atoms with Gasteiger partial charge in [-0.15, -0.1) is 11.8 Å². The lowest BCUT2D eigenvalue weighted by atomic mass is 10.3. The van der Waals surface area contributed by atoms with E-state index >= 15 is 0 Å². The van der Waals surface area contributed by atoms with Gasteiger partial charge in [0, 0.05) is 20.7 Å². The number of esters is 1. The SMILES string of the molecule is C=C(CSc1ccccc1Br)C(=O)OCC. The van der Waals surface area contributed by atoms with Crippen molar-refractivity contribution < 1.29 is 9.53 Å². The zero-order valence-electron chi connectivity index (χ0n) is 9.03. The van der Waals surface area contributed by atoms with Crippen LogP contribution in [0.2, 0.25) is 0 Å². The summed E-state index contributed by atoms with van der Waals surface area (Å²) < 4.78 is 5.88. The highest BCUT2D eigenvalue weighted by Crippen LogP contribution is 2.28. The van der Waals surface area contributed by atoms with Gasteiger partial charge in [-0.3, -0.25) is 0 Å². The summed E-state index contributed by atoms with van der Waals surface area (Å²) in [6.07, 6.45) is 0. The first-order chi connectivity index (χ1) is 7.65. The molecule has 1 aromatic carbocycles. The van der Waals surface area contributed by atoms with E-state index in [2.05, 4.69) is 22.5 Å². The minimum absolute atomic E-state index is 0.318. The molecule has 16 heavy (non-hydrogen) atoms. The lowest BCUT2D eigenvalue weighted by Gasteiger charge is -2.06. The van der Waals surface area contributed by atoms with E-state index < -0.39 is 0 Å². The second-order valence-electron chi connectivity index (χ2n) is 3.04. The molecular formula is C12H13BrO2S. The van der Waals surface area contributed by atoms with E-state index in [9.17, 15) is 4.79 Å². The van der Waals surface area contributed by atoms with E-state index in [1.54, 1.807) is 18.7 Å². The maximum Gasteiger partial charge on any atom is 0.334 e. The van der Waals surface area contributed by atoms with Gasteiger partial charge in [-0.2, -0.15) is 0 Å². The number of carbonyl (C=O) groups excluding carboxylic acids is 1. The first-order valence-electron chi connectivity index (χ1n) is 4.87. The summed E-state index contributed by atoms with van der Waals surface area (Å²) in [6.45, 7) is 5.88. The molecule has 0 aliphatic rings. The minimum atomic E-state index is -0.318. The quantitative estimate of drug-likeness (QED) is 0.471. The van der Waals surface area contributed by atoms with E-state index in [1.165, 1.54) is 0 Å². The van der Waals surface area contributed by atoms with Crippen molar-refractivity contribution >= 4 is 33.7 Å². The van der Waals surface area contributed by atoms with E-state index in [0.717, 1.165) is 9.37 Å². The molecule has 1 aromatic rings. The van der Waals surface area contributed by atoms with Crippen LogP contribution in [0.5, 0.6) is 0 Å².